The molecule has 2 atom stereocenters. The molecule has 0 aromatic rings. The van der Waals surface area contributed by atoms with Crippen LogP contribution in [0, 0.1) is 0 Å². The Morgan fingerprint density at radius 1 is 0.667 bits per heavy atom. The number of hydrogen-bond acceptors (Lipinski definition) is 2. The molecule has 0 aromatic carbocycles. The van der Waals surface area contributed by atoms with Crippen molar-refractivity contribution in [3.63, 3.8) is 0 Å². The van der Waals surface area contributed by atoms with Crippen molar-refractivity contribution in [1.29, 1.82) is 0 Å². The first-order valence-electron chi connectivity index (χ1n) is 12.9. The summed E-state index contributed by atoms with van der Waals surface area (Å²) in [7, 11) is 3.67. The maximum Gasteiger partial charge on any atom is 0.376 e. The molecule has 0 fully saturated rings. The van der Waals surface area contributed by atoms with Gasteiger partial charge in [0.25, 0.3) is 5.28 Å². The minimum absolute atomic E-state index is 0.519. The molecule has 0 aliphatic rings. The molecule has 0 aromatic heterocycles. The van der Waals surface area contributed by atoms with Gasteiger partial charge in [-0.1, -0.05) is 94.8 Å². The first-order chi connectivity index (χ1) is 14.3. The number of quaternary nitrogens is 1. The minimum Gasteiger partial charge on any atom is -0.590 e. The van der Waals surface area contributed by atoms with Crippen LogP contribution in [-0.4, -0.2) is 30.9 Å². The molecular formula is C26H53NO2P+. The second-order valence-electron chi connectivity index (χ2n) is 10.0. The van der Waals surface area contributed by atoms with Crippen LogP contribution in [0.1, 0.15) is 129 Å². The summed E-state index contributed by atoms with van der Waals surface area (Å²) < 4.78 is 12.6. The van der Waals surface area contributed by atoms with Gasteiger partial charge in [-0.2, -0.15) is 0 Å². The highest BCUT2D eigenvalue weighted by molar-refractivity contribution is 7.38. The molecule has 3 nitrogen and oxygen atoms in total. The zero-order valence-electron chi connectivity index (χ0n) is 21.1. The molecule has 0 radical (unpaired) electrons. The molecule has 0 saturated carbocycles. The second-order valence-corrected chi connectivity index (χ2v) is 11.4. The first kappa shape index (κ1) is 29.8. The van der Waals surface area contributed by atoms with Crippen LogP contribution < -0.4 is 4.89 Å². The Kier molecular flexibility index (Phi) is 18.2. The lowest BCUT2D eigenvalue weighted by atomic mass is 9.99. The van der Waals surface area contributed by atoms with Gasteiger partial charge in [0, 0.05) is 12.8 Å². The molecule has 178 valence electrons. The highest BCUT2D eigenvalue weighted by Gasteiger charge is 2.53. The van der Waals surface area contributed by atoms with Crippen molar-refractivity contribution in [2.24, 2.45) is 0 Å². The molecule has 2 unspecified atom stereocenters. The molecular weight excluding hydrogens is 389 g/mol. The quantitative estimate of drug-likeness (QED) is 0.0779. The third kappa shape index (κ3) is 13.2. The average molecular weight is 443 g/mol. The van der Waals surface area contributed by atoms with Gasteiger partial charge in [-0.3, -0.25) is 4.48 Å². The van der Waals surface area contributed by atoms with Gasteiger partial charge < -0.3 is 4.89 Å². The molecule has 0 N–H and O–H groups in total. The topological polar surface area (TPSA) is 40.1 Å². The van der Waals surface area contributed by atoms with Gasteiger partial charge in [0.2, 0.25) is 0 Å². The van der Waals surface area contributed by atoms with E-state index in [9.17, 15) is 9.46 Å². The summed E-state index contributed by atoms with van der Waals surface area (Å²) >= 11 is 0. The van der Waals surface area contributed by atoms with Crippen molar-refractivity contribution in [3.05, 3.63) is 12.2 Å². The van der Waals surface area contributed by atoms with E-state index in [-0.39, 0.29) is 0 Å². The molecule has 0 rings (SSSR count). The molecule has 0 aliphatic heterocycles. The van der Waals surface area contributed by atoms with Crippen molar-refractivity contribution < 1.29 is 13.9 Å². The van der Waals surface area contributed by atoms with E-state index < -0.39 is 13.3 Å². The van der Waals surface area contributed by atoms with Crippen LogP contribution in [0.2, 0.25) is 0 Å². The van der Waals surface area contributed by atoms with Gasteiger partial charge in [0.15, 0.2) is 0 Å². The predicted molar refractivity (Wildman–Crippen MR) is 132 cm³/mol. The molecule has 0 heterocycles. The Bertz CT molecular complexity index is 445. The summed E-state index contributed by atoms with van der Waals surface area (Å²) in [6.07, 6.45) is 26.7. The summed E-state index contributed by atoms with van der Waals surface area (Å²) in [5.41, 5.74) is 0. The van der Waals surface area contributed by atoms with Gasteiger partial charge >= 0.3 is 8.03 Å². The van der Waals surface area contributed by atoms with Crippen LogP contribution >= 0.6 is 8.03 Å². The number of unbranched alkanes of at least 4 members (excludes halogenated alkanes) is 13. The number of rotatable bonds is 21. The number of nitrogens with zero attached hydrogens (tertiary/aromatic N) is 1. The molecule has 0 spiro atoms. The molecule has 0 aliphatic carbocycles. The monoisotopic (exact) mass is 442 g/mol. The van der Waals surface area contributed by atoms with Gasteiger partial charge in [0.1, 0.15) is 0 Å². The fourth-order valence-electron chi connectivity index (χ4n) is 4.46. The van der Waals surface area contributed by atoms with E-state index in [0.29, 0.717) is 4.48 Å². The Morgan fingerprint density at radius 3 is 1.50 bits per heavy atom. The van der Waals surface area contributed by atoms with E-state index in [4.69, 9.17) is 0 Å². The van der Waals surface area contributed by atoms with Crippen molar-refractivity contribution >= 4 is 8.03 Å². The van der Waals surface area contributed by atoms with Gasteiger partial charge in [0.05, 0.1) is 21.1 Å². The molecule has 30 heavy (non-hydrogen) atoms. The Balaban J connectivity index is 3.72. The smallest absolute Gasteiger partial charge is 0.376 e. The molecule has 0 bridgehead atoms. The number of allylic oxidation sites excluding steroid dienone is 2. The highest BCUT2D eigenvalue weighted by atomic mass is 31.1. The van der Waals surface area contributed by atoms with Crippen molar-refractivity contribution in [2.75, 3.05) is 21.1 Å². The standard InChI is InChI=1S/C26H53NO2P/c1-6-8-9-10-11-12-13-14-15-16-17-18-19-20-21-22-23-25-26(24-7-2,30(28)29)27(3,4)5/h15-16H,6-14,17-25H2,1-5H3/q+1/b16-15-. The molecule has 4 heteroatoms. The van der Waals surface area contributed by atoms with E-state index >= 15 is 0 Å². The summed E-state index contributed by atoms with van der Waals surface area (Å²) in [6, 6.07) is 0. The lowest BCUT2D eigenvalue weighted by Gasteiger charge is -2.39. The average Bonchev–Trinajstić information content (AvgIpc) is 2.68. The molecule has 0 amide bonds. The van der Waals surface area contributed by atoms with Gasteiger partial charge in [-0.25, -0.2) is 0 Å². The zero-order chi connectivity index (χ0) is 22.7. The first-order valence-corrected chi connectivity index (χ1v) is 14.1. The maximum absolute atomic E-state index is 12.1. The summed E-state index contributed by atoms with van der Waals surface area (Å²) in [5.74, 6) is 0. The Labute approximate surface area is 190 Å². The Hall–Kier alpha value is -0.240. The largest absolute Gasteiger partial charge is 0.590 e. The summed E-state index contributed by atoms with van der Waals surface area (Å²) in [4.78, 5) is 12.1. The maximum atomic E-state index is 12.1. The second kappa shape index (κ2) is 18.3. The zero-order valence-corrected chi connectivity index (χ0v) is 22.0. The van der Waals surface area contributed by atoms with Gasteiger partial charge in [-0.15, -0.1) is 0 Å². The predicted octanol–water partition coefficient (Wildman–Crippen LogP) is 8.11. The molecule has 0 saturated heterocycles. The van der Waals surface area contributed by atoms with Crippen LogP contribution in [0.5, 0.6) is 0 Å². The highest BCUT2D eigenvalue weighted by Crippen LogP contribution is 2.45. The van der Waals surface area contributed by atoms with Crippen LogP contribution in [-0.2, 0) is 4.57 Å². The lowest BCUT2D eigenvalue weighted by Crippen LogP contribution is -2.55. The van der Waals surface area contributed by atoms with E-state index in [0.717, 1.165) is 32.1 Å². The minimum atomic E-state index is -2.42. The van der Waals surface area contributed by atoms with Crippen LogP contribution in [0.15, 0.2) is 12.2 Å². The summed E-state index contributed by atoms with van der Waals surface area (Å²) in [5, 5.41) is -0.593. The van der Waals surface area contributed by atoms with Crippen LogP contribution in [0.3, 0.4) is 0 Å². The fourth-order valence-corrected chi connectivity index (χ4v) is 5.69. The van der Waals surface area contributed by atoms with E-state index in [2.05, 4.69) is 26.0 Å². The third-order valence-corrected chi connectivity index (χ3v) is 8.30. The van der Waals surface area contributed by atoms with Crippen molar-refractivity contribution in [1.82, 2.24) is 0 Å². The normalized spacial score (nSPS) is 14.9. The fraction of sp³-hybridized carbons (Fsp3) is 0.923. The van der Waals surface area contributed by atoms with Crippen LogP contribution in [0.25, 0.3) is 0 Å². The number of hydrogen-bond donors (Lipinski definition) is 0. The Morgan fingerprint density at radius 2 is 1.10 bits per heavy atom. The lowest BCUT2D eigenvalue weighted by molar-refractivity contribution is -0.910. The summed E-state index contributed by atoms with van der Waals surface area (Å²) in [6.45, 7) is 4.36. The van der Waals surface area contributed by atoms with Gasteiger partial charge in [-0.05, 0) is 38.5 Å². The van der Waals surface area contributed by atoms with Crippen LogP contribution in [0.4, 0.5) is 0 Å². The van der Waals surface area contributed by atoms with Crippen molar-refractivity contribution in [2.45, 2.75) is 135 Å². The SMILES string of the molecule is CCCCCCCCC/C=C\CCCCCCCCC(CCC)([P+](=O)[O-])[N+](C)(C)C. The van der Waals surface area contributed by atoms with E-state index in [1.54, 1.807) is 0 Å². The third-order valence-electron chi connectivity index (χ3n) is 6.58. The van der Waals surface area contributed by atoms with Crippen molar-refractivity contribution in [3.8, 4) is 0 Å². The van der Waals surface area contributed by atoms with E-state index in [1.807, 2.05) is 21.1 Å². The van der Waals surface area contributed by atoms with E-state index in [1.165, 1.54) is 83.5 Å².